The smallest absolute Gasteiger partial charge is 0.338 e. The number of methoxy groups -OCH3 is 1. The van der Waals surface area contributed by atoms with Crippen LogP contribution in [-0.4, -0.2) is 32.5 Å². The number of hydrogen-bond donors (Lipinski definition) is 1. The van der Waals surface area contributed by atoms with Crippen LogP contribution in [0.15, 0.2) is 30.6 Å². The number of carboxylic acids is 1. The molecule has 126 valence electrons. The van der Waals surface area contributed by atoms with Crippen molar-refractivity contribution in [3.63, 3.8) is 0 Å². The van der Waals surface area contributed by atoms with Crippen molar-refractivity contribution < 1.29 is 14.6 Å². The topological polar surface area (TPSA) is 69.3 Å². The molecule has 0 saturated heterocycles. The molecule has 0 aliphatic heterocycles. The Balaban J connectivity index is 2.31. The van der Waals surface area contributed by atoms with Crippen LogP contribution in [0, 0.1) is 0 Å². The molecule has 0 atom stereocenters. The van der Waals surface area contributed by atoms with Crippen molar-refractivity contribution in [1.29, 1.82) is 0 Å². The molecule has 2 heterocycles. The highest BCUT2D eigenvalue weighted by atomic mass is 16.5. The van der Waals surface area contributed by atoms with Gasteiger partial charge in [0.25, 0.3) is 0 Å². The van der Waals surface area contributed by atoms with Gasteiger partial charge in [0.1, 0.15) is 5.75 Å². The van der Waals surface area contributed by atoms with E-state index in [0.717, 1.165) is 29.9 Å². The second-order valence-electron chi connectivity index (χ2n) is 5.66. The third kappa shape index (κ3) is 2.54. The number of aryl methyl sites for hydroxylation is 1. The molecular weight excluding hydrogens is 306 g/mol. The Morgan fingerprint density at radius 2 is 2.12 bits per heavy atom. The van der Waals surface area contributed by atoms with E-state index in [4.69, 9.17) is 4.74 Å². The first kappa shape index (κ1) is 16.1. The molecule has 1 aromatic carbocycles. The maximum atomic E-state index is 11.9. The average Bonchev–Trinajstić information content (AvgIpc) is 3.15. The summed E-state index contributed by atoms with van der Waals surface area (Å²) in [5.74, 6) is -0.281. The van der Waals surface area contributed by atoms with Crippen LogP contribution in [0.25, 0.3) is 16.6 Å². The van der Waals surface area contributed by atoms with Gasteiger partial charge in [-0.1, -0.05) is 13.8 Å². The molecule has 0 spiro atoms. The molecule has 0 aliphatic carbocycles. The summed E-state index contributed by atoms with van der Waals surface area (Å²) in [6.45, 7) is 4.89. The van der Waals surface area contributed by atoms with Gasteiger partial charge in [-0.3, -0.25) is 4.68 Å². The fourth-order valence-corrected chi connectivity index (χ4v) is 3.14. The van der Waals surface area contributed by atoms with Crippen LogP contribution in [0.4, 0.5) is 0 Å². The Morgan fingerprint density at radius 1 is 1.33 bits per heavy atom. The zero-order valence-electron chi connectivity index (χ0n) is 14.1. The Labute approximate surface area is 140 Å². The van der Waals surface area contributed by atoms with Crippen molar-refractivity contribution in [3.8, 4) is 11.4 Å². The van der Waals surface area contributed by atoms with E-state index in [1.54, 1.807) is 19.4 Å². The van der Waals surface area contributed by atoms with Crippen LogP contribution < -0.4 is 4.74 Å². The van der Waals surface area contributed by atoms with E-state index >= 15 is 0 Å². The zero-order valence-corrected chi connectivity index (χ0v) is 14.1. The van der Waals surface area contributed by atoms with Crippen molar-refractivity contribution in [2.24, 2.45) is 0 Å². The number of aromatic nitrogens is 3. The fourth-order valence-electron chi connectivity index (χ4n) is 3.14. The minimum Gasteiger partial charge on any atom is -0.497 e. The number of benzene rings is 1. The van der Waals surface area contributed by atoms with Gasteiger partial charge in [-0.05, 0) is 31.0 Å². The third-order valence-electron chi connectivity index (χ3n) is 4.15. The quantitative estimate of drug-likeness (QED) is 0.752. The molecule has 0 fully saturated rings. The van der Waals surface area contributed by atoms with E-state index in [2.05, 4.69) is 12.0 Å². The Bertz CT molecular complexity index is 892. The monoisotopic (exact) mass is 327 g/mol. The van der Waals surface area contributed by atoms with Gasteiger partial charge in [0.05, 0.1) is 30.1 Å². The number of rotatable bonds is 6. The van der Waals surface area contributed by atoms with E-state index in [1.807, 2.05) is 34.5 Å². The fraction of sp³-hybridized carbons (Fsp3) is 0.333. The minimum absolute atomic E-state index is 0.328. The van der Waals surface area contributed by atoms with Gasteiger partial charge in [0.15, 0.2) is 0 Å². The highest BCUT2D eigenvalue weighted by Crippen LogP contribution is 2.32. The van der Waals surface area contributed by atoms with Crippen LogP contribution in [0.1, 0.15) is 36.3 Å². The van der Waals surface area contributed by atoms with Gasteiger partial charge in [-0.2, -0.15) is 5.10 Å². The van der Waals surface area contributed by atoms with Crippen LogP contribution in [0.3, 0.4) is 0 Å². The van der Waals surface area contributed by atoms with Gasteiger partial charge in [-0.25, -0.2) is 4.79 Å². The molecular formula is C18H21N3O3. The van der Waals surface area contributed by atoms with Crippen molar-refractivity contribution in [3.05, 3.63) is 41.9 Å². The van der Waals surface area contributed by atoms with E-state index in [9.17, 15) is 9.90 Å². The number of fused-ring (bicyclic) bond motifs is 1. The number of hydrogen-bond acceptors (Lipinski definition) is 3. The van der Waals surface area contributed by atoms with Crippen molar-refractivity contribution >= 4 is 16.9 Å². The Kier molecular flexibility index (Phi) is 4.29. The largest absolute Gasteiger partial charge is 0.497 e. The summed E-state index contributed by atoms with van der Waals surface area (Å²) < 4.78 is 9.13. The predicted octanol–water partition coefficient (Wildman–Crippen LogP) is 3.51. The van der Waals surface area contributed by atoms with Gasteiger partial charge in [-0.15, -0.1) is 0 Å². The Morgan fingerprint density at radius 3 is 2.75 bits per heavy atom. The standard InChI is InChI=1S/C18H21N3O3/c1-4-8-20-11-12(10-19-20)21-15(5-2)17(18(22)23)14-9-13(24-3)6-7-16(14)21/h6-7,9-11H,4-5,8H2,1-3H3,(H,22,23). The zero-order chi connectivity index (χ0) is 17.3. The van der Waals surface area contributed by atoms with Crippen molar-refractivity contribution in [1.82, 2.24) is 14.3 Å². The minimum atomic E-state index is -0.926. The lowest BCUT2D eigenvalue weighted by Crippen LogP contribution is -2.04. The van der Waals surface area contributed by atoms with Gasteiger partial charge in [0, 0.05) is 23.8 Å². The maximum Gasteiger partial charge on any atom is 0.338 e. The molecule has 0 amide bonds. The van der Waals surface area contributed by atoms with E-state index < -0.39 is 5.97 Å². The summed E-state index contributed by atoms with van der Waals surface area (Å²) in [6.07, 6.45) is 5.34. The molecule has 0 unspecified atom stereocenters. The first-order valence-electron chi connectivity index (χ1n) is 8.08. The number of ether oxygens (including phenoxy) is 1. The first-order chi connectivity index (χ1) is 11.6. The number of carboxylic acid groups (broad SMARTS) is 1. The van der Waals surface area contributed by atoms with Crippen LogP contribution in [-0.2, 0) is 13.0 Å². The van der Waals surface area contributed by atoms with Crippen LogP contribution >= 0.6 is 0 Å². The maximum absolute atomic E-state index is 11.9. The molecule has 6 nitrogen and oxygen atoms in total. The normalized spacial score (nSPS) is 11.1. The molecule has 2 aromatic heterocycles. The lowest BCUT2D eigenvalue weighted by Gasteiger charge is -2.07. The molecule has 3 rings (SSSR count). The second kappa shape index (κ2) is 6.39. The second-order valence-corrected chi connectivity index (χ2v) is 5.66. The molecule has 0 radical (unpaired) electrons. The highest BCUT2D eigenvalue weighted by molar-refractivity contribution is 6.06. The number of aromatic carboxylic acids is 1. The summed E-state index contributed by atoms with van der Waals surface area (Å²) in [6, 6.07) is 5.53. The van der Waals surface area contributed by atoms with Gasteiger partial charge in [0.2, 0.25) is 0 Å². The van der Waals surface area contributed by atoms with E-state index in [-0.39, 0.29) is 0 Å². The molecule has 0 saturated carbocycles. The van der Waals surface area contributed by atoms with Crippen molar-refractivity contribution in [2.45, 2.75) is 33.2 Å². The van der Waals surface area contributed by atoms with Gasteiger partial charge < -0.3 is 14.4 Å². The van der Waals surface area contributed by atoms with E-state index in [0.29, 0.717) is 23.1 Å². The summed E-state index contributed by atoms with van der Waals surface area (Å²) in [4.78, 5) is 11.9. The average molecular weight is 327 g/mol. The SMILES string of the molecule is CCCn1cc(-n2c(CC)c(C(=O)O)c3cc(OC)ccc32)cn1. The highest BCUT2D eigenvalue weighted by Gasteiger charge is 2.23. The van der Waals surface area contributed by atoms with Crippen molar-refractivity contribution in [2.75, 3.05) is 7.11 Å². The van der Waals surface area contributed by atoms with Gasteiger partial charge >= 0.3 is 5.97 Å². The molecule has 3 aromatic rings. The summed E-state index contributed by atoms with van der Waals surface area (Å²) >= 11 is 0. The predicted molar refractivity (Wildman–Crippen MR) is 92.2 cm³/mol. The Hall–Kier alpha value is -2.76. The van der Waals surface area contributed by atoms with Crippen LogP contribution in [0.2, 0.25) is 0 Å². The summed E-state index contributed by atoms with van der Waals surface area (Å²) in [7, 11) is 1.58. The summed E-state index contributed by atoms with van der Waals surface area (Å²) in [5, 5.41) is 14.8. The van der Waals surface area contributed by atoms with Crippen LogP contribution in [0.5, 0.6) is 5.75 Å². The molecule has 0 aliphatic rings. The number of nitrogens with zero attached hydrogens (tertiary/aromatic N) is 3. The van der Waals surface area contributed by atoms with E-state index in [1.165, 1.54) is 0 Å². The number of carbonyl (C=O) groups is 1. The molecule has 1 N–H and O–H groups in total. The third-order valence-corrected chi connectivity index (χ3v) is 4.15. The lowest BCUT2D eigenvalue weighted by molar-refractivity contribution is 0.0697. The summed E-state index contributed by atoms with van der Waals surface area (Å²) in [5.41, 5.74) is 2.82. The lowest BCUT2D eigenvalue weighted by atomic mass is 10.1. The molecule has 0 bridgehead atoms. The molecule has 6 heteroatoms. The molecule has 24 heavy (non-hydrogen) atoms. The first-order valence-corrected chi connectivity index (χ1v) is 8.08.